The number of fused-ring (bicyclic) bond motifs is 1. The van der Waals surface area contributed by atoms with Crippen LogP contribution in [0.3, 0.4) is 0 Å². The maximum absolute atomic E-state index is 13.0. The molecule has 2 amide bonds. The van der Waals surface area contributed by atoms with Crippen molar-refractivity contribution in [3.63, 3.8) is 0 Å². The number of nitro benzene ring substituents is 1. The van der Waals surface area contributed by atoms with Crippen molar-refractivity contribution in [1.82, 2.24) is 10.2 Å². The van der Waals surface area contributed by atoms with Gasteiger partial charge in [-0.1, -0.05) is 11.8 Å². The van der Waals surface area contributed by atoms with Crippen LogP contribution in [0, 0.1) is 16.0 Å². The number of carbonyl (C=O) groups excluding carboxylic acids is 3. The van der Waals surface area contributed by atoms with Crippen LogP contribution in [0.1, 0.15) is 32.8 Å². The number of nitrogens with one attached hydrogen (secondary N) is 1. The van der Waals surface area contributed by atoms with Crippen LogP contribution < -0.4 is 5.32 Å². The van der Waals surface area contributed by atoms with Crippen LogP contribution in [-0.2, 0) is 40.0 Å². The largest absolute Gasteiger partial charge is 0.456 e. The zero-order valence-electron chi connectivity index (χ0n) is 19.7. The molecule has 2 aliphatic heterocycles. The molecule has 14 heteroatoms. The molecule has 194 valence electrons. The fourth-order valence-corrected chi connectivity index (χ4v) is 5.45. The first-order valence-corrected chi connectivity index (χ1v) is 13.4. The second kappa shape index (κ2) is 11.2. The molecule has 0 unspecified atom stereocenters. The Bertz CT molecular complexity index is 1230. The number of nitro groups is 1. The van der Waals surface area contributed by atoms with E-state index in [1.165, 1.54) is 56.1 Å². The molecule has 0 radical (unpaired) electrons. The van der Waals surface area contributed by atoms with Crippen molar-refractivity contribution < 1.29 is 36.6 Å². The lowest BCUT2D eigenvalue weighted by atomic mass is 9.83. The Balaban J connectivity index is 1.77. The van der Waals surface area contributed by atoms with Crippen molar-refractivity contribution in [2.24, 2.45) is 5.92 Å². The van der Waals surface area contributed by atoms with Crippen LogP contribution in [0.2, 0.25) is 0 Å². The fraction of sp³-hybridized carbons (Fsp3) is 0.409. The SMILES string of the molecule is CCS(=O)(=O)O[C@@H](C)[C@@H]1C(=O)N2C(C(=O)OCc3ccc([N+](=O)[O-])cc3)=C(SC=CNC(C)=O)C[C@H]12. The average molecular weight is 540 g/mol. The average Bonchev–Trinajstić information content (AvgIpc) is 3.14. The van der Waals surface area contributed by atoms with Gasteiger partial charge in [0, 0.05) is 36.6 Å². The van der Waals surface area contributed by atoms with E-state index in [1.54, 1.807) is 5.41 Å². The van der Waals surface area contributed by atoms with Crippen molar-refractivity contribution in [3.05, 3.63) is 62.2 Å². The summed E-state index contributed by atoms with van der Waals surface area (Å²) in [6, 6.07) is 5.01. The molecule has 0 saturated carbocycles. The molecule has 1 aromatic carbocycles. The topological polar surface area (TPSA) is 162 Å². The van der Waals surface area contributed by atoms with Gasteiger partial charge in [0.1, 0.15) is 12.3 Å². The number of benzene rings is 1. The first kappa shape index (κ1) is 27.4. The molecule has 0 aromatic heterocycles. The van der Waals surface area contributed by atoms with Gasteiger partial charge in [0.15, 0.2) is 0 Å². The summed E-state index contributed by atoms with van der Waals surface area (Å²) in [7, 11) is -3.78. The molecule has 1 N–H and O–H groups in total. The zero-order valence-corrected chi connectivity index (χ0v) is 21.3. The highest BCUT2D eigenvalue weighted by Gasteiger charge is 2.58. The third-order valence-electron chi connectivity index (χ3n) is 5.60. The molecule has 36 heavy (non-hydrogen) atoms. The number of hydrogen-bond acceptors (Lipinski definition) is 10. The van der Waals surface area contributed by atoms with Crippen molar-refractivity contribution in [2.75, 3.05) is 5.75 Å². The van der Waals surface area contributed by atoms with E-state index in [0.717, 1.165) is 11.8 Å². The van der Waals surface area contributed by atoms with Gasteiger partial charge in [-0.25, -0.2) is 4.79 Å². The number of hydrogen-bond donors (Lipinski definition) is 1. The lowest BCUT2D eigenvalue weighted by molar-refractivity contribution is -0.384. The van der Waals surface area contributed by atoms with Crippen molar-refractivity contribution in [1.29, 1.82) is 0 Å². The number of nitrogens with zero attached hydrogens (tertiary/aromatic N) is 2. The second-order valence-corrected chi connectivity index (χ2v) is 10.9. The lowest BCUT2D eigenvalue weighted by Gasteiger charge is -2.45. The Morgan fingerprint density at radius 1 is 1.33 bits per heavy atom. The number of ether oxygens (including phenoxy) is 1. The minimum Gasteiger partial charge on any atom is -0.456 e. The molecule has 12 nitrogen and oxygen atoms in total. The highest BCUT2D eigenvalue weighted by molar-refractivity contribution is 8.05. The number of carbonyl (C=O) groups is 3. The smallest absolute Gasteiger partial charge is 0.356 e. The summed E-state index contributed by atoms with van der Waals surface area (Å²) in [5, 5.41) is 14.8. The minimum absolute atomic E-state index is 0.0335. The molecule has 3 atom stereocenters. The first-order chi connectivity index (χ1) is 16.9. The summed E-state index contributed by atoms with van der Waals surface area (Å²) >= 11 is 1.13. The highest BCUT2D eigenvalue weighted by Crippen LogP contribution is 2.48. The number of amides is 2. The summed E-state index contributed by atoms with van der Waals surface area (Å²) in [5.74, 6) is -2.51. The van der Waals surface area contributed by atoms with Gasteiger partial charge in [-0.2, -0.15) is 8.42 Å². The molecule has 0 bridgehead atoms. The van der Waals surface area contributed by atoms with E-state index in [-0.39, 0.29) is 36.1 Å². The normalized spacial score (nSPS) is 20.2. The number of non-ortho nitro benzene ring substituents is 1. The third kappa shape index (κ3) is 6.12. The maximum Gasteiger partial charge on any atom is 0.356 e. The summed E-state index contributed by atoms with van der Waals surface area (Å²) in [4.78, 5) is 49.2. The number of rotatable bonds is 11. The summed E-state index contributed by atoms with van der Waals surface area (Å²) in [5.41, 5.74) is 0.448. The Hall–Kier alpha value is -3.23. The quantitative estimate of drug-likeness (QED) is 0.145. The Labute approximate surface area is 212 Å². The zero-order chi connectivity index (χ0) is 26.6. The third-order valence-corrected chi connectivity index (χ3v) is 7.82. The fourth-order valence-electron chi connectivity index (χ4n) is 3.87. The van der Waals surface area contributed by atoms with Gasteiger partial charge in [-0.05, 0) is 37.0 Å². The summed E-state index contributed by atoms with van der Waals surface area (Å²) < 4.78 is 34.3. The molecule has 2 aliphatic rings. The summed E-state index contributed by atoms with van der Waals surface area (Å²) in [6.07, 6.45) is 0.752. The van der Waals surface area contributed by atoms with E-state index in [9.17, 15) is 32.9 Å². The molecule has 1 fully saturated rings. The van der Waals surface area contributed by atoms with Gasteiger partial charge in [0.05, 0.1) is 28.7 Å². The van der Waals surface area contributed by atoms with Crippen LogP contribution in [0.4, 0.5) is 5.69 Å². The molecule has 1 aromatic rings. The van der Waals surface area contributed by atoms with Crippen molar-refractivity contribution in [3.8, 4) is 0 Å². The van der Waals surface area contributed by atoms with Crippen LogP contribution in [0.5, 0.6) is 0 Å². The second-order valence-electron chi connectivity index (χ2n) is 8.05. The first-order valence-electron chi connectivity index (χ1n) is 10.9. The van der Waals surface area contributed by atoms with Gasteiger partial charge in [-0.3, -0.25) is 23.9 Å². The number of esters is 1. The standard InChI is InChI=1S/C22H25N3O9S2/c1-4-36(31,32)34-13(2)19-17-11-18(35-10-9-23-14(3)26)20(24(17)21(19)27)22(28)33-12-15-5-7-16(8-6-15)25(29)30/h5-10,13,17,19H,4,11-12H2,1-3H3,(H,23,26)/t13-,17+,19-/m0/s1. The van der Waals surface area contributed by atoms with E-state index in [2.05, 4.69) is 5.32 Å². The predicted molar refractivity (Wildman–Crippen MR) is 129 cm³/mol. The molecular formula is C22H25N3O9S2. The van der Waals surface area contributed by atoms with E-state index in [4.69, 9.17) is 8.92 Å². The van der Waals surface area contributed by atoms with Gasteiger partial charge in [0.2, 0.25) is 11.8 Å². The maximum atomic E-state index is 13.0. The van der Waals surface area contributed by atoms with Gasteiger partial charge < -0.3 is 15.0 Å². The van der Waals surface area contributed by atoms with Gasteiger partial charge in [-0.15, -0.1) is 0 Å². The Morgan fingerprint density at radius 3 is 2.58 bits per heavy atom. The monoisotopic (exact) mass is 539 g/mol. The van der Waals surface area contributed by atoms with Gasteiger partial charge in [0.25, 0.3) is 15.8 Å². The molecule has 3 rings (SSSR count). The van der Waals surface area contributed by atoms with Crippen LogP contribution in [-0.4, -0.2) is 53.9 Å². The number of thioether (sulfide) groups is 1. The van der Waals surface area contributed by atoms with Crippen LogP contribution >= 0.6 is 11.8 Å². The van der Waals surface area contributed by atoms with E-state index in [1.807, 2.05) is 0 Å². The molecule has 0 spiro atoms. The predicted octanol–water partition coefficient (Wildman–Crippen LogP) is 2.18. The highest BCUT2D eigenvalue weighted by atomic mass is 32.2. The molecular weight excluding hydrogens is 514 g/mol. The van der Waals surface area contributed by atoms with E-state index in [0.29, 0.717) is 10.5 Å². The molecule has 1 saturated heterocycles. The molecule has 2 heterocycles. The summed E-state index contributed by atoms with van der Waals surface area (Å²) in [6.45, 7) is 4.10. The van der Waals surface area contributed by atoms with Crippen LogP contribution in [0.15, 0.2) is 46.5 Å². The minimum atomic E-state index is -3.78. The van der Waals surface area contributed by atoms with E-state index < -0.39 is 45.0 Å². The van der Waals surface area contributed by atoms with Crippen LogP contribution in [0.25, 0.3) is 0 Å². The Kier molecular flexibility index (Phi) is 8.53. The van der Waals surface area contributed by atoms with Gasteiger partial charge >= 0.3 is 5.97 Å². The lowest BCUT2D eigenvalue weighted by Crippen LogP contribution is -2.62. The molecule has 0 aliphatic carbocycles. The van der Waals surface area contributed by atoms with Crippen molar-refractivity contribution >= 4 is 45.4 Å². The van der Waals surface area contributed by atoms with E-state index >= 15 is 0 Å². The number of β-lactam (4-membered cyclic amide) rings is 1. The Morgan fingerprint density at radius 2 is 2.00 bits per heavy atom. The van der Waals surface area contributed by atoms with Crippen molar-refractivity contribution in [2.45, 2.75) is 45.9 Å².